The first-order chi connectivity index (χ1) is 15.1. The highest BCUT2D eigenvalue weighted by molar-refractivity contribution is 6.20. The first kappa shape index (κ1) is 19.1. The Labute approximate surface area is 178 Å². The zero-order valence-corrected chi connectivity index (χ0v) is 16.7. The van der Waals surface area contributed by atoms with Crippen LogP contribution in [-0.4, -0.2) is 30.0 Å². The number of pyridine rings is 1. The summed E-state index contributed by atoms with van der Waals surface area (Å²) < 4.78 is 21.6. The SMILES string of the molecule is COc1ccc(C2(O)OC(=O)C(c3ccc4c(c3)OCO4)=C2Cc2ccccn2)cc1. The van der Waals surface area contributed by atoms with Gasteiger partial charge < -0.3 is 24.1 Å². The molecule has 0 amide bonds. The average Bonchev–Trinajstić information content (AvgIpc) is 3.36. The van der Waals surface area contributed by atoms with E-state index in [-0.39, 0.29) is 18.8 Å². The van der Waals surface area contributed by atoms with Gasteiger partial charge in [0, 0.05) is 29.4 Å². The Morgan fingerprint density at radius 2 is 1.87 bits per heavy atom. The lowest BCUT2D eigenvalue weighted by molar-refractivity contribution is -0.185. The van der Waals surface area contributed by atoms with Crippen LogP contribution < -0.4 is 14.2 Å². The van der Waals surface area contributed by atoms with Crippen molar-refractivity contribution in [3.63, 3.8) is 0 Å². The number of hydrogen-bond donors (Lipinski definition) is 1. The number of methoxy groups -OCH3 is 1. The normalized spacial score (nSPS) is 19.5. The second kappa shape index (κ2) is 7.45. The van der Waals surface area contributed by atoms with E-state index < -0.39 is 11.8 Å². The topological polar surface area (TPSA) is 87.1 Å². The number of rotatable bonds is 5. The van der Waals surface area contributed by atoms with Gasteiger partial charge in [-0.25, -0.2) is 4.79 Å². The van der Waals surface area contributed by atoms with Gasteiger partial charge in [-0.2, -0.15) is 0 Å². The van der Waals surface area contributed by atoms with Crippen molar-refractivity contribution in [2.75, 3.05) is 13.9 Å². The van der Waals surface area contributed by atoms with Crippen LogP contribution in [0.1, 0.15) is 16.8 Å². The van der Waals surface area contributed by atoms with Crippen molar-refractivity contribution in [3.8, 4) is 17.2 Å². The van der Waals surface area contributed by atoms with Gasteiger partial charge in [-0.3, -0.25) is 4.98 Å². The molecule has 1 atom stereocenters. The van der Waals surface area contributed by atoms with Crippen molar-refractivity contribution in [1.29, 1.82) is 0 Å². The first-order valence-corrected chi connectivity index (χ1v) is 9.72. The molecule has 1 unspecified atom stereocenters. The van der Waals surface area contributed by atoms with Crippen LogP contribution in [-0.2, 0) is 21.7 Å². The summed E-state index contributed by atoms with van der Waals surface area (Å²) in [5, 5.41) is 11.6. The minimum Gasteiger partial charge on any atom is -0.497 e. The van der Waals surface area contributed by atoms with Crippen molar-refractivity contribution in [1.82, 2.24) is 4.98 Å². The maximum atomic E-state index is 13.0. The molecule has 0 aliphatic carbocycles. The van der Waals surface area contributed by atoms with Crippen molar-refractivity contribution in [2.24, 2.45) is 0 Å². The van der Waals surface area contributed by atoms with E-state index in [9.17, 15) is 9.90 Å². The van der Waals surface area contributed by atoms with Gasteiger partial charge in [0.2, 0.25) is 6.79 Å². The standard InChI is InChI=1S/C24H19NO6/c1-28-18-8-6-16(7-9-18)24(27)19(13-17-4-2-3-11-25-17)22(23(26)31-24)15-5-10-20-21(12-15)30-14-29-20/h2-12,27H,13-14H2,1H3. The Balaban J connectivity index is 1.66. The van der Waals surface area contributed by atoms with Gasteiger partial charge in [0.05, 0.1) is 12.7 Å². The van der Waals surface area contributed by atoms with Gasteiger partial charge in [-0.15, -0.1) is 0 Å². The lowest BCUT2D eigenvalue weighted by atomic mass is 9.89. The summed E-state index contributed by atoms with van der Waals surface area (Å²) in [4.78, 5) is 17.4. The van der Waals surface area contributed by atoms with Gasteiger partial charge in [-0.05, 0) is 54.1 Å². The molecule has 1 N–H and O–H groups in total. The maximum absolute atomic E-state index is 13.0. The van der Waals surface area contributed by atoms with Crippen LogP contribution in [0.3, 0.4) is 0 Å². The summed E-state index contributed by atoms with van der Waals surface area (Å²) in [6.45, 7) is 0.124. The number of aromatic nitrogens is 1. The summed E-state index contributed by atoms with van der Waals surface area (Å²) in [5.74, 6) is -0.791. The Bertz CT molecular complexity index is 1170. The molecular formula is C24H19NO6. The Morgan fingerprint density at radius 1 is 1.06 bits per heavy atom. The zero-order chi connectivity index (χ0) is 21.4. The third kappa shape index (κ3) is 3.29. The smallest absolute Gasteiger partial charge is 0.342 e. The van der Waals surface area contributed by atoms with Crippen LogP contribution in [0, 0.1) is 0 Å². The van der Waals surface area contributed by atoms with Gasteiger partial charge in [-0.1, -0.05) is 12.1 Å². The minimum atomic E-state index is -1.94. The molecule has 5 rings (SSSR count). The van der Waals surface area contributed by atoms with Crippen molar-refractivity contribution in [3.05, 3.63) is 89.3 Å². The quantitative estimate of drug-likeness (QED) is 0.638. The van der Waals surface area contributed by atoms with Gasteiger partial charge in [0.1, 0.15) is 5.75 Å². The molecule has 1 aromatic heterocycles. The Kier molecular flexibility index (Phi) is 4.60. The molecule has 0 bridgehead atoms. The Morgan fingerprint density at radius 3 is 2.61 bits per heavy atom. The van der Waals surface area contributed by atoms with Crippen LogP contribution in [0.2, 0.25) is 0 Å². The van der Waals surface area contributed by atoms with E-state index in [4.69, 9.17) is 18.9 Å². The molecule has 2 aliphatic heterocycles. The highest BCUT2D eigenvalue weighted by Gasteiger charge is 2.48. The molecule has 7 heteroatoms. The molecule has 7 nitrogen and oxygen atoms in total. The fourth-order valence-corrected chi connectivity index (χ4v) is 3.83. The second-order valence-corrected chi connectivity index (χ2v) is 7.18. The van der Waals surface area contributed by atoms with Crippen molar-refractivity contribution in [2.45, 2.75) is 12.2 Å². The van der Waals surface area contributed by atoms with Crippen LogP contribution in [0.15, 0.2) is 72.4 Å². The van der Waals surface area contributed by atoms with E-state index in [1.54, 1.807) is 55.8 Å². The zero-order valence-electron chi connectivity index (χ0n) is 16.7. The predicted octanol–water partition coefficient (Wildman–Crippen LogP) is 3.22. The predicted molar refractivity (Wildman–Crippen MR) is 110 cm³/mol. The van der Waals surface area contributed by atoms with E-state index in [0.717, 1.165) is 0 Å². The number of nitrogens with zero attached hydrogens (tertiary/aromatic N) is 1. The number of fused-ring (bicyclic) bond motifs is 1. The van der Waals surface area contributed by atoms with E-state index >= 15 is 0 Å². The molecule has 31 heavy (non-hydrogen) atoms. The number of hydrogen-bond acceptors (Lipinski definition) is 7. The van der Waals surface area contributed by atoms with E-state index in [1.165, 1.54) is 0 Å². The van der Waals surface area contributed by atoms with E-state index in [2.05, 4.69) is 4.98 Å². The molecule has 2 aromatic carbocycles. The highest BCUT2D eigenvalue weighted by atomic mass is 16.7. The summed E-state index contributed by atoms with van der Waals surface area (Å²) in [6.07, 6.45) is 1.89. The lowest BCUT2D eigenvalue weighted by Gasteiger charge is -2.25. The van der Waals surface area contributed by atoms with Crippen LogP contribution in [0.4, 0.5) is 0 Å². The van der Waals surface area contributed by atoms with E-state index in [0.29, 0.717) is 39.6 Å². The molecule has 3 aromatic rings. The fraction of sp³-hybridized carbons (Fsp3) is 0.167. The first-order valence-electron chi connectivity index (χ1n) is 9.72. The minimum absolute atomic E-state index is 0.124. The summed E-state index contributed by atoms with van der Waals surface area (Å²) in [6, 6.07) is 17.5. The molecule has 0 radical (unpaired) electrons. The second-order valence-electron chi connectivity index (χ2n) is 7.18. The summed E-state index contributed by atoms with van der Waals surface area (Å²) >= 11 is 0. The third-order valence-electron chi connectivity index (χ3n) is 5.38. The molecular weight excluding hydrogens is 398 g/mol. The van der Waals surface area contributed by atoms with E-state index in [1.807, 2.05) is 18.2 Å². The fourth-order valence-electron chi connectivity index (χ4n) is 3.83. The number of benzene rings is 2. The molecule has 0 saturated heterocycles. The lowest BCUT2D eigenvalue weighted by Crippen LogP contribution is -2.29. The van der Waals surface area contributed by atoms with Crippen molar-refractivity contribution >= 4 is 11.5 Å². The maximum Gasteiger partial charge on any atom is 0.342 e. The molecule has 156 valence electrons. The average molecular weight is 417 g/mol. The monoisotopic (exact) mass is 417 g/mol. The summed E-state index contributed by atoms with van der Waals surface area (Å²) in [7, 11) is 1.56. The molecule has 0 saturated carbocycles. The van der Waals surface area contributed by atoms with Gasteiger partial charge in [0.25, 0.3) is 5.79 Å². The van der Waals surface area contributed by atoms with Gasteiger partial charge in [0.15, 0.2) is 11.5 Å². The number of carbonyl (C=O) groups excluding carboxylic acids is 1. The third-order valence-corrected chi connectivity index (χ3v) is 5.38. The van der Waals surface area contributed by atoms with Gasteiger partial charge >= 0.3 is 5.97 Å². The van der Waals surface area contributed by atoms with Crippen LogP contribution in [0.25, 0.3) is 5.57 Å². The number of esters is 1. The Hall–Kier alpha value is -3.84. The number of aliphatic hydroxyl groups is 1. The van der Waals surface area contributed by atoms with Crippen LogP contribution >= 0.6 is 0 Å². The largest absolute Gasteiger partial charge is 0.497 e. The molecule has 3 heterocycles. The van der Waals surface area contributed by atoms with Crippen LogP contribution in [0.5, 0.6) is 17.2 Å². The number of carbonyl (C=O) groups is 1. The summed E-state index contributed by atoms with van der Waals surface area (Å²) in [5.41, 5.74) is 2.37. The van der Waals surface area contributed by atoms with Crippen molar-refractivity contribution < 1.29 is 28.8 Å². The molecule has 2 aliphatic rings. The number of ether oxygens (including phenoxy) is 4. The number of cyclic esters (lactones) is 1. The molecule has 0 spiro atoms. The highest BCUT2D eigenvalue weighted by Crippen LogP contribution is 2.46. The molecule has 0 fully saturated rings.